The van der Waals surface area contributed by atoms with Crippen molar-refractivity contribution in [3.63, 3.8) is 0 Å². The van der Waals surface area contributed by atoms with Crippen LogP contribution in [0.15, 0.2) is 29.6 Å². The van der Waals surface area contributed by atoms with E-state index in [4.69, 9.17) is 4.74 Å². The number of imide groups is 1. The highest BCUT2D eigenvalue weighted by Crippen LogP contribution is 2.34. The molecule has 2 aromatic carbocycles. The number of hydrogen-bond donors (Lipinski definition) is 1. The SMILES string of the molecule is O=C(O)c1scc2c1C(=O)N(c1cc(OCc3c(F)c(F)cc(F)c3F)ccc1F)C(=O)C2. The maximum absolute atomic E-state index is 14.5. The van der Waals surface area contributed by atoms with Crippen LogP contribution in [0, 0.1) is 29.1 Å². The van der Waals surface area contributed by atoms with E-state index in [0.29, 0.717) is 4.90 Å². The van der Waals surface area contributed by atoms with Crippen LogP contribution in [0.4, 0.5) is 27.6 Å². The first kappa shape index (κ1) is 22.4. The molecule has 1 aromatic heterocycles. The second kappa shape index (κ2) is 8.28. The third-order valence-corrected chi connectivity index (χ3v) is 5.83. The summed E-state index contributed by atoms with van der Waals surface area (Å²) in [6.07, 6.45) is -0.367. The van der Waals surface area contributed by atoms with E-state index in [1.54, 1.807) is 0 Å². The molecule has 0 spiro atoms. The Bertz CT molecular complexity index is 1310. The number of carbonyl (C=O) groups excluding carboxylic acids is 2. The fourth-order valence-corrected chi connectivity index (χ4v) is 4.18. The highest BCUT2D eigenvalue weighted by molar-refractivity contribution is 7.12. The largest absolute Gasteiger partial charge is 0.489 e. The van der Waals surface area contributed by atoms with Gasteiger partial charge in [-0.1, -0.05) is 0 Å². The van der Waals surface area contributed by atoms with Gasteiger partial charge in [-0.25, -0.2) is 31.6 Å². The number of nitrogens with zero attached hydrogens (tertiary/aromatic N) is 1. The molecule has 170 valence electrons. The Morgan fingerprint density at radius 3 is 2.33 bits per heavy atom. The standard InChI is InChI=1S/C21H10F5NO5S/c22-11-2-1-9(32-6-10-17(25)12(23)5-13(24)18(10)26)4-14(11)27-15(28)3-8-7-33-19(21(30)31)16(8)20(27)29/h1-2,4-5,7H,3,6H2,(H,30,31). The molecule has 0 unspecified atom stereocenters. The Labute approximate surface area is 185 Å². The van der Waals surface area contributed by atoms with Crippen LogP contribution in [0.5, 0.6) is 5.75 Å². The van der Waals surface area contributed by atoms with Crippen molar-refractivity contribution < 1.29 is 46.2 Å². The summed E-state index contributed by atoms with van der Waals surface area (Å²) in [5.41, 5.74) is -1.72. The lowest BCUT2D eigenvalue weighted by molar-refractivity contribution is -0.117. The van der Waals surface area contributed by atoms with E-state index in [9.17, 15) is 41.4 Å². The monoisotopic (exact) mass is 483 g/mol. The molecule has 1 aliphatic rings. The van der Waals surface area contributed by atoms with Crippen molar-refractivity contribution >= 4 is 34.8 Å². The van der Waals surface area contributed by atoms with E-state index in [1.807, 2.05) is 0 Å². The minimum atomic E-state index is -1.68. The van der Waals surface area contributed by atoms with Gasteiger partial charge in [-0.15, -0.1) is 11.3 Å². The lowest BCUT2D eigenvalue weighted by atomic mass is 10.0. The van der Waals surface area contributed by atoms with Gasteiger partial charge in [0, 0.05) is 12.1 Å². The maximum atomic E-state index is 14.5. The fraction of sp³-hybridized carbons (Fsp3) is 0.0952. The molecular formula is C21H10F5NO5S. The van der Waals surface area contributed by atoms with Crippen LogP contribution < -0.4 is 9.64 Å². The highest BCUT2D eigenvalue weighted by atomic mass is 32.1. The van der Waals surface area contributed by atoms with Crippen molar-refractivity contribution in [2.45, 2.75) is 13.0 Å². The van der Waals surface area contributed by atoms with Crippen molar-refractivity contribution in [3.05, 3.63) is 80.3 Å². The zero-order valence-corrected chi connectivity index (χ0v) is 16.9. The molecule has 0 fully saturated rings. The van der Waals surface area contributed by atoms with E-state index in [0.717, 1.165) is 29.5 Å². The van der Waals surface area contributed by atoms with Gasteiger partial charge in [-0.2, -0.15) is 0 Å². The number of amides is 2. The predicted octanol–water partition coefficient (Wildman–Crippen LogP) is 4.45. The molecule has 2 amide bonds. The van der Waals surface area contributed by atoms with Gasteiger partial charge in [0.05, 0.1) is 23.2 Å². The van der Waals surface area contributed by atoms with Gasteiger partial charge < -0.3 is 9.84 Å². The van der Waals surface area contributed by atoms with Gasteiger partial charge in [-0.05, 0) is 23.1 Å². The van der Waals surface area contributed by atoms with Crippen LogP contribution in [0.1, 0.15) is 31.2 Å². The summed E-state index contributed by atoms with van der Waals surface area (Å²) < 4.78 is 74.0. The van der Waals surface area contributed by atoms with Crippen LogP contribution in [-0.2, 0) is 17.8 Å². The number of fused-ring (bicyclic) bond motifs is 1. The second-order valence-electron chi connectivity index (χ2n) is 6.83. The van der Waals surface area contributed by atoms with E-state index in [1.165, 1.54) is 5.38 Å². The van der Waals surface area contributed by atoms with Gasteiger partial charge in [0.15, 0.2) is 23.3 Å². The Morgan fingerprint density at radius 2 is 1.70 bits per heavy atom. The molecule has 33 heavy (non-hydrogen) atoms. The minimum Gasteiger partial charge on any atom is -0.489 e. The molecule has 0 saturated heterocycles. The Balaban J connectivity index is 1.67. The quantitative estimate of drug-likeness (QED) is 0.329. The molecule has 0 atom stereocenters. The van der Waals surface area contributed by atoms with Crippen LogP contribution in [-0.4, -0.2) is 22.9 Å². The Morgan fingerprint density at radius 1 is 1.03 bits per heavy atom. The lowest BCUT2D eigenvalue weighted by Crippen LogP contribution is -2.43. The van der Waals surface area contributed by atoms with E-state index in [-0.39, 0.29) is 34.2 Å². The zero-order valence-electron chi connectivity index (χ0n) is 16.1. The number of carboxylic acids is 1. The molecular weight excluding hydrogens is 473 g/mol. The number of anilines is 1. The number of rotatable bonds is 5. The van der Waals surface area contributed by atoms with Crippen molar-refractivity contribution in [1.29, 1.82) is 0 Å². The number of carbonyl (C=O) groups is 3. The molecule has 1 N–H and O–H groups in total. The van der Waals surface area contributed by atoms with Crippen molar-refractivity contribution in [2.24, 2.45) is 0 Å². The summed E-state index contributed by atoms with van der Waals surface area (Å²) in [5.74, 6) is -11.3. The number of carboxylic acid groups (broad SMARTS) is 1. The fourth-order valence-electron chi connectivity index (χ4n) is 3.28. The second-order valence-corrected chi connectivity index (χ2v) is 7.71. The molecule has 12 heteroatoms. The number of halogens is 5. The summed E-state index contributed by atoms with van der Waals surface area (Å²) in [5, 5.41) is 10.6. The number of aromatic carboxylic acids is 1. The first-order chi connectivity index (χ1) is 15.6. The Kier molecular flexibility index (Phi) is 5.62. The van der Waals surface area contributed by atoms with Crippen LogP contribution >= 0.6 is 11.3 Å². The van der Waals surface area contributed by atoms with Gasteiger partial charge in [0.2, 0.25) is 5.91 Å². The summed E-state index contributed by atoms with van der Waals surface area (Å²) in [6.45, 7) is -0.989. The molecule has 1 aliphatic heterocycles. The van der Waals surface area contributed by atoms with Gasteiger partial charge in [-0.3, -0.25) is 9.59 Å². The molecule has 2 heterocycles. The molecule has 0 saturated carbocycles. The number of thiophene rings is 1. The van der Waals surface area contributed by atoms with Crippen molar-refractivity contribution in [3.8, 4) is 5.75 Å². The van der Waals surface area contributed by atoms with Crippen molar-refractivity contribution in [2.75, 3.05) is 4.90 Å². The Hall–Kier alpha value is -3.80. The summed E-state index contributed by atoms with van der Waals surface area (Å²) in [4.78, 5) is 36.9. The first-order valence-electron chi connectivity index (χ1n) is 9.05. The molecule has 0 radical (unpaired) electrons. The van der Waals surface area contributed by atoms with Crippen LogP contribution in [0.3, 0.4) is 0 Å². The van der Waals surface area contributed by atoms with E-state index < -0.39 is 64.7 Å². The molecule has 4 rings (SSSR count). The maximum Gasteiger partial charge on any atom is 0.346 e. The third-order valence-electron chi connectivity index (χ3n) is 4.81. The topological polar surface area (TPSA) is 83.9 Å². The first-order valence-corrected chi connectivity index (χ1v) is 9.93. The minimum absolute atomic E-state index is 0.0296. The average molecular weight is 483 g/mol. The summed E-state index contributed by atoms with van der Waals surface area (Å²) in [6, 6.07) is 2.70. The zero-order chi connectivity index (χ0) is 24.0. The molecule has 0 aliphatic carbocycles. The van der Waals surface area contributed by atoms with Crippen LogP contribution in [0.25, 0.3) is 0 Å². The molecule has 0 bridgehead atoms. The normalized spacial score (nSPS) is 13.3. The van der Waals surface area contributed by atoms with Crippen LogP contribution in [0.2, 0.25) is 0 Å². The number of ether oxygens (including phenoxy) is 1. The number of benzene rings is 2. The third kappa shape index (κ3) is 3.82. The van der Waals surface area contributed by atoms with Gasteiger partial charge >= 0.3 is 5.97 Å². The smallest absolute Gasteiger partial charge is 0.346 e. The van der Waals surface area contributed by atoms with E-state index in [2.05, 4.69) is 0 Å². The van der Waals surface area contributed by atoms with Gasteiger partial charge in [0.25, 0.3) is 5.91 Å². The molecule has 6 nitrogen and oxygen atoms in total. The highest BCUT2D eigenvalue weighted by Gasteiger charge is 2.38. The summed E-state index contributed by atoms with van der Waals surface area (Å²) >= 11 is 0.745. The molecule has 3 aromatic rings. The number of hydrogen-bond acceptors (Lipinski definition) is 5. The van der Waals surface area contributed by atoms with Gasteiger partial charge in [0.1, 0.15) is 23.1 Å². The summed E-state index contributed by atoms with van der Waals surface area (Å²) in [7, 11) is 0. The average Bonchev–Trinajstić information content (AvgIpc) is 3.18. The predicted molar refractivity (Wildman–Crippen MR) is 104 cm³/mol. The van der Waals surface area contributed by atoms with E-state index >= 15 is 0 Å². The lowest BCUT2D eigenvalue weighted by Gasteiger charge is -2.26. The van der Waals surface area contributed by atoms with Crippen molar-refractivity contribution in [1.82, 2.24) is 0 Å².